The predicted molar refractivity (Wildman–Crippen MR) is 78.0 cm³/mol. The Hall–Kier alpha value is -0.730. The van der Waals surface area contributed by atoms with Crippen LogP contribution in [0.2, 0.25) is 10.0 Å². The van der Waals surface area contributed by atoms with Crippen LogP contribution in [-0.2, 0) is 10.2 Å². The molecule has 0 unspecified atom stereocenters. The van der Waals surface area contributed by atoms with E-state index >= 15 is 0 Å². The van der Waals surface area contributed by atoms with Gasteiger partial charge in [-0.15, -0.1) is 0 Å². The van der Waals surface area contributed by atoms with Crippen LogP contribution >= 0.6 is 23.2 Å². The number of hydrogen-bond donors (Lipinski definition) is 1. The van der Waals surface area contributed by atoms with E-state index in [9.17, 15) is 9.90 Å². The number of carboxylic acid groups (broad SMARTS) is 1. The van der Waals surface area contributed by atoms with Crippen molar-refractivity contribution < 1.29 is 9.90 Å². The first-order chi connectivity index (χ1) is 8.68. The van der Waals surface area contributed by atoms with Crippen LogP contribution in [0.25, 0.3) is 0 Å². The van der Waals surface area contributed by atoms with Gasteiger partial charge in [-0.05, 0) is 36.3 Å². The van der Waals surface area contributed by atoms with Gasteiger partial charge in [0.2, 0.25) is 0 Å². The lowest BCUT2D eigenvalue weighted by Gasteiger charge is -2.51. The van der Waals surface area contributed by atoms with Crippen LogP contribution in [0.5, 0.6) is 0 Å². The number of benzene rings is 1. The molecule has 0 aromatic heterocycles. The molecule has 104 valence electrons. The molecule has 0 spiro atoms. The first-order valence-corrected chi connectivity index (χ1v) is 7.12. The molecule has 0 heterocycles. The number of carboxylic acids is 1. The fourth-order valence-electron chi connectivity index (χ4n) is 2.83. The maximum Gasteiger partial charge on any atom is 0.314 e. The monoisotopic (exact) mass is 300 g/mol. The van der Waals surface area contributed by atoms with E-state index in [0.717, 1.165) is 0 Å². The van der Waals surface area contributed by atoms with Gasteiger partial charge in [-0.1, -0.05) is 50.0 Å². The minimum Gasteiger partial charge on any atom is -0.481 e. The van der Waals surface area contributed by atoms with E-state index in [0.29, 0.717) is 34.4 Å². The molecular formula is C15H18Cl2O2. The van der Waals surface area contributed by atoms with E-state index < -0.39 is 11.4 Å². The smallest absolute Gasteiger partial charge is 0.314 e. The fourth-order valence-corrected chi connectivity index (χ4v) is 3.59. The molecule has 1 N–H and O–H groups in total. The molecule has 0 bridgehead atoms. The first kappa shape index (κ1) is 14.7. The second kappa shape index (κ2) is 4.68. The fraction of sp³-hybridized carbons (Fsp3) is 0.533. The van der Waals surface area contributed by atoms with Gasteiger partial charge in [0.05, 0.1) is 5.41 Å². The molecule has 0 aliphatic heterocycles. The maximum atomic E-state index is 11.8. The van der Waals surface area contributed by atoms with E-state index in [-0.39, 0.29) is 5.41 Å². The van der Waals surface area contributed by atoms with Crippen molar-refractivity contribution >= 4 is 29.2 Å². The molecule has 0 atom stereocenters. The third-order valence-corrected chi connectivity index (χ3v) is 4.90. The summed E-state index contributed by atoms with van der Waals surface area (Å²) in [6.07, 6.45) is 1.19. The Bertz CT molecular complexity index is 491. The van der Waals surface area contributed by atoms with Gasteiger partial charge in [0.25, 0.3) is 0 Å². The Morgan fingerprint density at radius 1 is 1.26 bits per heavy atom. The SMILES string of the molecule is CC(C)(C)C1CC(C(=O)O)(c2c(Cl)cccc2Cl)C1. The predicted octanol–water partition coefficient (Wildman–Crippen LogP) is 4.77. The number of halogens is 2. The van der Waals surface area contributed by atoms with E-state index in [1.807, 2.05) is 0 Å². The van der Waals surface area contributed by atoms with Crippen molar-refractivity contribution in [2.75, 3.05) is 0 Å². The van der Waals surface area contributed by atoms with E-state index in [4.69, 9.17) is 23.2 Å². The summed E-state index contributed by atoms with van der Waals surface area (Å²) in [5.74, 6) is -0.459. The van der Waals surface area contributed by atoms with Gasteiger partial charge >= 0.3 is 5.97 Å². The third kappa shape index (κ3) is 2.36. The zero-order valence-electron chi connectivity index (χ0n) is 11.3. The van der Waals surface area contributed by atoms with Crippen LogP contribution in [0.3, 0.4) is 0 Å². The quantitative estimate of drug-likeness (QED) is 0.854. The largest absolute Gasteiger partial charge is 0.481 e. The van der Waals surface area contributed by atoms with Crippen molar-refractivity contribution in [3.63, 3.8) is 0 Å². The van der Waals surface area contributed by atoms with Crippen molar-refractivity contribution in [1.82, 2.24) is 0 Å². The summed E-state index contributed by atoms with van der Waals surface area (Å²) in [7, 11) is 0. The molecule has 19 heavy (non-hydrogen) atoms. The normalized spacial score (nSPS) is 26.9. The molecule has 1 aliphatic carbocycles. The molecule has 0 saturated heterocycles. The highest BCUT2D eigenvalue weighted by Crippen LogP contribution is 2.57. The van der Waals surface area contributed by atoms with E-state index in [2.05, 4.69) is 20.8 Å². The lowest BCUT2D eigenvalue weighted by Crippen LogP contribution is -2.51. The minimum absolute atomic E-state index is 0.104. The Balaban J connectivity index is 2.43. The minimum atomic E-state index is -0.923. The van der Waals surface area contributed by atoms with Gasteiger partial charge in [0.1, 0.15) is 0 Å². The van der Waals surface area contributed by atoms with Crippen molar-refractivity contribution in [3.05, 3.63) is 33.8 Å². The molecule has 1 saturated carbocycles. The highest BCUT2D eigenvalue weighted by atomic mass is 35.5. The second-order valence-corrected chi connectivity index (χ2v) is 7.27. The van der Waals surface area contributed by atoms with Crippen molar-refractivity contribution in [3.8, 4) is 0 Å². The zero-order chi connectivity index (χ0) is 14.4. The number of rotatable bonds is 2. The van der Waals surface area contributed by atoms with Gasteiger partial charge in [-0.3, -0.25) is 4.79 Å². The lowest BCUT2D eigenvalue weighted by molar-refractivity contribution is -0.152. The summed E-state index contributed by atoms with van der Waals surface area (Å²) < 4.78 is 0. The van der Waals surface area contributed by atoms with Gasteiger partial charge in [-0.2, -0.15) is 0 Å². The number of carbonyl (C=O) groups is 1. The Labute approximate surface area is 123 Å². The Kier molecular flexibility index (Phi) is 3.61. The highest BCUT2D eigenvalue weighted by molar-refractivity contribution is 6.36. The van der Waals surface area contributed by atoms with Crippen LogP contribution in [-0.4, -0.2) is 11.1 Å². The second-order valence-electron chi connectivity index (χ2n) is 6.46. The maximum absolute atomic E-state index is 11.8. The summed E-state index contributed by atoms with van der Waals surface area (Å²) in [6.45, 7) is 6.41. The summed E-state index contributed by atoms with van der Waals surface area (Å²) in [4.78, 5) is 11.8. The van der Waals surface area contributed by atoms with Crippen LogP contribution in [0.4, 0.5) is 0 Å². The number of aliphatic carboxylic acids is 1. The van der Waals surface area contributed by atoms with Gasteiger partial charge in [0.15, 0.2) is 0 Å². The molecule has 1 aromatic rings. The average molecular weight is 301 g/mol. The van der Waals surface area contributed by atoms with Crippen molar-refractivity contribution in [2.24, 2.45) is 11.3 Å². The third-order valence-electron chi connectivity index (χ3n) is 4.27. The summed E-state index contributed by atoms with van der Waals surface area (Å²) >= 11 is 12.4. The topological polar surface area (TPSA) is 37.3 Å². The lowest BCUT2D eigenvalue weighted by atomic mass is 9.52. The summed E-state index contributed by atoms with van der Waals surface area (Å²) in [5, 5.41) is 10.5. The standard InChI is InChI=1S/C15H18Cl2O2/c1-14(2,3)9-7-15(8-9,13(18)19)12-10(16)5-4-6-11(12)17/h4-6,9H,7-8H2,1-3H3,(H,18,19). The van der Waals surface area contributed by atoms with Crippen LogP contribution in [0, 0.1) is 11.3 Å². The molecule has 1 aromatic carbocycles. The Morgan fingerprint density at radius 3 is 2.11 bits per heavy atom. The molecule has 0 amide bonds. The molecule has 4 heteroatoms. The number of hydrogen-bond acceptors (Lipinski definition) is 1. The van der Waals surface area contributed by atoms with E-state index in [1.165, 1.54) is 0 Å². The molecule has 1 aliphatic rings. The summed E-state index contributed by atoms with van der Waals surface area (Å²) in [6, 6.07) is 5.15. The van der Waals surface area contributed by atoms with Crippen LogP contribution < -0.4 is 0 Å². The average Bonchev–Trinajstić information content (AvgIpc) is 2.17. The van der Waals surface area contributed by atoms with Gasteiger partial charge in [-0.25, -0.2) is 0 Å². The summed E-state index contributed by atoms with van der Waals surface area (Å²) in [5.41, 5.74) is -0.244. The molecule has 0 radical (unpaired) electrons. The van der Waals surface area contributed by atoms with Gasteiger partial charge < -0.3 is 5.11 Å². The van der Waals surface area contributed by atoms with Crippen LogP contribution in [0.1, 0.15) is 39.2 Å². The highest BCUT2D eigenvalue weighted by Gasteiger charge is 2.56. The molecule has 2 nitrogen and oxygen atoms in total. The van der Waals surface area contributed by atoms with Crippen LogP contribution in [0.15, 0.2) is 18.2 Å². The zero-order valence-corrected chi connectivity index (χ0v) is 12.8. The van der Waals surface area contributed by atoms with Crippen molar-refractivity contribution in [1.29, 1.82) is 0 Å². The molecule has 2 rings (SSSR count). The first-order valence-electron chi connectivity index (χ1n) is 6.36. The molecule has 1 fully saturated rings. The molecular weight excluding hydrogens is 283 g/mol. The van der Waals surface area contributed by atoms with Crippen molar-refractivity contribution in [2.45, 2.75) is 39.0 Å². The van der Waals surface area contributed by atoms with Gasteiger partial charge in [0, 0.05) is 15.6 Å². The Morgan fingerprint density at radius 2 is 1.74 bits per heavy atom. The van der Waals surface area contributed by atoms with E-state index in [1.54, 1.807) is 18.2 Å².